The average Bonchev–Trinajstić information content (AvgIpc) is 2.20. The molecule has 1 heterocycles. The molecule has 4 heteroatoms. The second-order valence-electron chi connectivity index (χ2n) is 2.28. The number of cyclic esters (lactones) is 1. The Morgan fingerprint density at radius 1 is 1.58 bits per heavy atom. The third kappa shape index (κ3) is 2.10. The van der Waals surface area contributed by atoms with Crippen molar-refractivity contribution < 1.29 is 9.53 Å². The maximum atomic E-state index is 10.8. The van der Waals surface area contributed by atoms with Crippen LogP contribution in [0.25, 0.3) is 0 Å². The first kappa shape index (κ1) is 12.2. The number of halogens is 2. The summed E-state index contributed by atoms with van der Waals surface area (Å²) in [4.78, 5) is 10.5. The summed E-state index contributed by atoms with van der Waals surface area (Å²) in [6.07, 6.45) is 0. The number of hydrogen-bond donors (Lipinski definition) is 0. The first-order valence-electron chi connectivity index (χ1n) is 3.70. The van der Waals surface area contributed by atoms with Crippen LogP contribution in [0.15, 0.2) is 12.3 Å². The van der Waals surface area contributed by atoms with E-state index >= 15 is 0 Å². The molecule has 1 rings (SSSR count). The van der Waals surface area contributed by atoms with Crippen LogP contribution in [0.5, 0.6) is 0 Å². The molecule has 0 N–H and O–H groups in total. The monoisotopic (exact) mass is 298 g/mol. The largest absolute Gasteiger partial charge is 0.429 e. The summed E-state index contributed by atoms with van der Waals surface area (Å²) in [5.74, 6) is 0.170. The zero-order chi connectivity index (χ0) is 9.94. The Bertz CT molecular complexity index is 199. The maximum Gasteiger partial charge on any atom is 0.326 e. The van der Waals surface area contributed by atoms with Crippen molar-refractivity contribution >= 4 is 37.8 Å². The van der Waals surface area contributed by atoms with Crippen molar-refractivity contribution in [3.05, 3.63) is 12.3 Å². The molecule has 0 spiro atoms. The smallest absolute Gasteiger partial charge is 0.326 e. The zero-order valence-corrected chi connectivity index (χ0v) is 10.5. The van der Waals surface area contributed by atoms with Gasteiger partial charge in [-0.15, -0.1) is 0 Å². The van der Waals surface area contributed by atoms with Gasteiger partial charge in [0, 0.05) is 0 Å². The molecule has 1 saturated heterocycles. The van der Waals surface area contributed by atoms with E-state index < -0.39 is 4.32 Å². The van der Waals surface area contributed by atoms with Gasteiger partial charge in [0.15, 0.2) is 0 Å². The molecule has 70 valence electrons. The Balaban J connectivity index is 0.000000561. The van der Waals surface area contributed by atoms with Gasteiger partial charge in [-0.3, -0.25) is 4.79 Å². The predicted molar refractivity (Wildman–Crippen MR) is 56.6 cm³/mol. The van der Waals surface area contributed by atoms with Gasteiger partial charge in [0.1, 0.15) is 14.9 Å². The normalized spacial score (nSPS) is 33.9. The van der Waals surface area contributed by atoms with Crippen LogP contribution in [0.1, 0.15) is 20.8 Å². The number of rotatable bonds is 0. The number of esters is 1. The molecule has 0 amide bonds. The SMILES string of the molecule is C=C1OC(=O)C(Br)C1(C)Br.CC. The van der Waals surface area contributed by atoms with Gasteiger partial charge >= 0.3 is 5.97 Å². The van der Waals surface area contributed by atoms with E-state index in [-0.39, 0.29) is 10.8 Å². The summed E-state index contributed by atoms with van der Waals surface area (Å²) in [7, 11) is 0. The molecule has 2 atom stereocenters. The first-order valence-corrected chi connectivity index (χ1v) is 5.41. The molecular formula is C8H12Br2O2. The van der Waals surface area contributed by atoms with Crippen molar-refractivity contribution in [3.8, 4) is 0 Å². The molecule has 2 nitrogen and oxygen atoms in total. The second-order valence-corrected chi connectivity index (χ2v) is 4.85. The number of carbonyl (C=O) groups is 1. The van der Waals surface area contributed by atoms with Crippen LogP contribution in [0.2, 0.25) is 0 Å². The lowest BCUT2D eigenvalue weighted by Crippen LogP contribution is -2.26. The van der Waals surface area contributed by atoms with E-state index in [4.69, 9.17) is 4.74 Å². The van der Waals surface area contributed by atoms with Gasteiger partial charge in [-0.1, -0.05) is 52.3 Å². The van der Waals surface area contributed by atoms with E-state index in [0.29, 0.717) is 5.76 Å². The molecule has 2 unspecified atom stereocenters. The van der Waals surface area contributed by atoms with Crippen molar-refractivity contribution in [2.24, 2.45) is 0 Å². The molecule has 0 bridgehead atoms. The number of carbonyl (C=O) groups excluding carboxylic acids is 1. The van der Waals surface area contributed by atoms with E-state index in [0.717, 1.165) is 0 Å². The number of ether oxygens (including phenoxy) is 1. The van der Waals surface area contributed by atoms with Gasteiger partial charge in [-0.25, -0.2) is 0 Å². The minimum atomic E-state index is -0.454. The molecule has 12 heavy (non-hydrogen) atoms. The van der Waals surface area contributed by atoms with Gasteiger partial charge in [0.2, 0.25) is 0 Å². The van der Waals surface area contributed by atoms with Gasteiger partial charge in [0.25, 0.3) is 0 Å². The lowest BCUT2D eigenvalue weighted by Gasteiger charge is -2.14. The topological polar surface area (TPSA) is 26.3 Å². The zero-order valence-electron chi connectivity index (χ0n) is 7.36. The summed E-state index contributed by atoms with van der Waals surface area (Å²) in [5, 5.41) is 0. The fourth-order valence-corrected chi connectivity index (χ4v) is 1.25. The van der Waals surface area contributed by atoms with Gasteiger partial charge in [0.05, 0.1) is 0 Å². The van der Waals surface area contributed by atoms with E-state index in [1.807, 2.05) is 20.8 Å². The van der Waals surface area contributed by atoms with E-state index in [1.165, 1.54) is 0 Å². The molecule has 1 aliphatic heterocycles. The van der Waals surface area contributed by atoms with E-state index in [9.17, 15) is 4.79 Å². The molecular weight excluding hydrogens is 288 g/mol. The standard InChI is InChI=1S/C6H6Br2O2.C2H6/c1-3-6(2,8)4(7)5(9)10-3;1-2/h4H,1H2,2H3;1-2H3. The minimum Gasteiger partial charge on any atom is -0.429 e. The fourth-order valence-electron chi connectivity index (χ4n) is 0.636. The molecule has 0 aromatic heterocycles. The highest BCUT2D eigenvalue weighted by Gasteiger charge is 2.47. The third-order valence-corrected chi connectivity index (χ3v) is 4.26. The summed E-state index contributed by atoms with van der Waals surface area (Å²) in [6, 6.07) is 0. The highest BCUT2D eigenvalue weighted by Crippen LogP contribution is 2.41. The first-order chi connectivity index (χ1) is 5.46. The molecule has 0 aliphatic carbocycles. The Labute approximate surface area is 89.6 Å². The van der Waals surface area contributed by atoms with Gasteiger partial charge < -0.3 is 4.74 Å². The predicted octanol–water partition coefficient (Wildman–Crippen LogP) is 3.00. The minimum absolute atomic E-state index is 0.288. The highest BCUT2D eigenvalue weighted by atomic mass is 79.9. The van der Waals surface area contributed by atoms with Gasteiger partial charge in [-0.2, -0.15) is 0 Å². The lowest BCUT2D eigenvalue weighted by molar-refractivity contribution is -0.134. The Kier molecular flexibility index (Phi) is 4.48. The van der Waals surface area contributed by atoms with Crippen molar-refractivity contribution in [2.45, 2.75) is 29.9 Å². The molecule has 0 aromatic carbocycles. The van der Waals surface area contributed by atoms with Gasteiger partial charge in [-0.05, 0) is 6.92 Å². The van der Waals surface area contributed by atoms with Crippen LogP contribution in [-0.4, -0.2) is 15.1 Å². The quantitative estimate of drug-likeness (QED) is 0.508. The highest BCUT2D eigenvalue weighted by molar-refractivity contribution is 9.13. The van der Waals surface area contributed by atoms with Crippen LogP contribution in [-0.2, 0) is 9.53 Å². The van der Waals surface area contributed by atoms with Crippen molar-refractivity contribution in [1.29, 1.82) is 0 Å². The maximum absolute atomic E-state index is 10.8. The van der Waals surface area contributed by atoms with Crippen molar-refractivity contribution in [1.82, 2.24) is 0 Å². The summed E-state index contributed by atoms with van der Waals surface area (Å²) < 4.78 is 4.31. The Morgan fingerprint density at radius 3 is 2.08 bits per heavy atom. The fraction of sp³-hybridized carbons (Fsp3) is 0.625. The summed E-state index contributed by atoms with van der Waals surface area (Å²) in [5.41, 5.74) is 0. The van der Waals surface area contributed by atoms with Crippen molar-refractivity contribution in [2.75, 3.05) is 0 Å². The molecule has 0 aromatic rings. The number of allylic oxidation sites excluding steroid dienone is 1. The van der Waals surface area contributed by atoms with Crippen LogP contribution in [0.4, 0.5) is 0 Å². The molecule has 1 fully saturated rings. The molecule has 0 saturated carbocycles. The second kappa shape index (κ2) is 4.42. The van der Waals surface area contributed by atoms with Crippen LogP contribution in [0, 0.1) is 0 Å². The Morgan fingerprint density at radius 2 is 2.00 bits per heavy atom. The summed E-state index contributed by atoms with van der Waals surface area (Å²) >= 11 is 6.50. The van der Waals surface area contributed by atoms with Crippen LogP contribution >= 0.6 is 31.9 Å². The molecule has 1 aliphatic rings. The Hall–Kier alpha value is 0.170. The van der Waals surface area contributed by atoms with Crippen LogP contribution in [0.3, 0.4) is 0 Å². The number of hydrogen-bond acceptors (Lipinski definition) is 2. The summed E-state index contributed by atoms with van der Waals surface area (Å²) in [6.45, 7) is 9.42. The third-order valence-electron chi connectivity index (χ3n) is 1.45. The average molecular weight is 300 g/mol. The van der Waals surface area contributed by atoms with Crippen LogP contribution < -0.4 is 0 Å². The number of alkyl halides is 2. The lowest BCUT2D eigenvalue weighted by atomic mass is 10.1. The van der Waals surface area contributed by atoms with E-state index in [1.54, 1.807) is 0 Å². The van der Waals surface area contributed by atoms with Crippen molar-refractivity contribution in [3.63, 3.8) is 0 Å². The molecule has 0 radical (unpaired) electrons. The van der Waals surface area contributed by atoms with E-state index in [2.05, 4.69) is 38.4 Å².